The molecule has 88 valence electrons. The van der Waals surface area contributed by atoms with Crippen molar-refractivity contribution in [2.45, 2.75) is 0 Å². The maximum Gasteiger partial charge on any atom is 0.266 e. The highest BCUT2D eigenvalue weighted by Crippen LogP contribution is 2.32. The predicted octanol–water partition coefficient (Wildman–Crippen LogP) is 3.64. The van der Waals surface area contributed by atoms with E-state index in [4.69, 9.17) is 0 Å². The summed E-state index contributed by atoms with van der Waals surface area (Å²) in [5.41, 5.74) is 0.676. The Balaban J connectivity index is 2.45. The highest BCUT2D eigenvalue weighted by atomic mass is 127. The van der Waals surface area contributed by atoms with E-state index in [-0.39, 0.29) is 5.56 Å². The van der Waals surface area contributed by atoms with E-state index in [0.29, 0.717) is 9.39 Å². The molecule has 4 nitrogen and oxygen atoms in total. The summed E-state index contributed by atoms with van der Waals surface area (Å²) in [6.07, 6.45) is 1.37. The molecule has 0 radical (unpaired) electrons. The first-order valence-corrected chi connectivity index (χ1v) is 7.20. The zero-order valence-corrected chi connectivity index (χ0v) is 13.6. The number of benzene rings is 1. The molecule has 0 spiro atoms. The number of para-hydroxylation sites is 1. The summed E-state index contributed by atoms with van der Waals surface area (Å²) in [5, 5.41) is 3.12. The number of hydrogen-bond donors (Lipinski definition) is 2. The molecule has 0 aliphatic heterocycles. The van der Waals surface area contributed by atoms with Crippen molar-refractivity contribution in [2.75, 3.05) is 5.32 Å². The number of nitrogens with one attached hydrogen (secondary N) is 2. The Kier molecular flexibility index (Phi) is 4.21. The molecule has 0 atom stereocenters. The van der Waals surface area contributed by atoms with Gasteiger partial charge in [0, 0.05) is 8.95 Å². The maximum atomic E-state index is 11.4. The number of hydrogen-bond acceptors (Lipinski definition) is 3. The first-order valence-electron chi connectivity index (χ1n) is 4.54. The van der Waals surface area contributed by atoms with Crippen molar-refractivity contribution in [1.82, 2.24) is 9.97 Å². The van der Waals surface area contributed by atoms with E-state index >= 15 is 0 Å². The van der Waals surface area contributed by atoms with E-state index in [1.54, 1.807) is 0 Å². The molecule has 1 aromatic carbocycles. The van der Waals surface area contributed by atoms with Crippen molar-refractivity contribution in [1.29, 1.82) is 0 Å². The van der Waals surface area contributed by atoms with Gasteiger partial charge < -0.3 is 10.3 Å². The summed E-state index contributed by atoms with van der Waals surface area (Å²) in [4.78, 5) is 18.1. The summed E-state index contributed by atoms with van der Waals surface area (Å²) in [6, 6.07) is 5.73. The fourth-order valence-electron chi connectivity index (χ4n) is 1.21. The van der Waals surface area contributed by atoms with Gasteiger partial charge in [-0.2, -0.15) is 0 Å². The molecule has 0 fully saturated rings. The summed E-state index contributed by atoms with van der Waals surface area (Å²) in [6.45, 7) is 0. The van der Waals surface area contributed by atoms with Crippen molar-refractivity contribution in [2.24, 2.45) is 0 Å². The van der Waals surface area contributed by atoms with Gasteiger partial charge in [0.15, 0.2) is 5.82 Å². The Morgan fingerprint density at radius 3 is 2.59 bits per heavy atom. The molecular formula is C10H6Br2IN3O. The average molecular weight is 471 g/mol. The second-order valence-corrected chi connectivity index (χ2v) is 5.90. The maximum absolute atomic E-state index is 11.4. The fourth-order valence-corrected chi connectivity index (χ4v) is 2.83. The lowest BCUT2D eigenvalue weighted by Gasteiger charge is -2.10. The van der Waals surface area contributed by atoms with Gasteiger partial charge in [-0.25, -0.2) is 4.98 Å². The number of aromatic amines is 1. The first kappa shape index (κ1) is 13.0. The Morgan fingerprint density at radius 2 is 1.94 bits per heavy atom. The summed E-state index contributed by atoms with van der Waals surface area (Å²) in [7, 11) is 0. The van der Waals surface area contributed by atoms with Crippen LogP contribution >= 0.6 is 54.5 Å². The van der Waals surface area contributed by atoms with Crippen molar-refractivity contribution in [3.63, 3.8) is 0 Å². The summed E-state index contributed by atoms with van der Waals surface area (Å²) in [5.74, 6) is 0.530. The van der Waals surface area contributed by atoms with Crippen molar-refractivity contribution >= 4 is 66.0 Å². The SMILES string of the molecule is O=c1[nH]cnc(Nc2c(Br)cccc2Br)c1I. The van der Waals surface area contributed by atoms with Crippen LogP contribution in [0.15, 0.2) is 38.3 Å². The van der Waals surface area contributed by atoms with Crippen LogP contribution in [0.2, 0.25) is 0 Å². The molecule has 2 rings (SSSR count). The van der Waals surface area contributed by atoms with Gasteiger partial charge in [-0.05, 0) is 66.6 Å². The second kappa shape index (κ2) is 5.49. The van der Waals surface area contributed by atoms with Gasteiger partial charge in [-0.3, -0.25) is 4.79 Å². The molecule has 0 saturated carbocycles. The van der Waals surface area contributed by atoms with Crippen LogP contribution in [0, 0.1) is 3.57 Å². The van der Waals surface area contributed by atoms with Gasteiger partial charge in [0.25, 0.3) is 5.56 Å². The van der Waals surface area contributed by atoms with E-state index < -0.39 is 0 Å². The number of anilines is 2. The molecule has 17 heavy (non-hydrogen) atoms. The van der Waals surface area contributed by atoms with Gasteiger partial charge in [0.05, 0.1) is 12.0 Å². The quantitative estimate of drug-likeness (QED) is 0.659. The minimum Gasteiger partial charge on any atom is -0.337 e. The zero-order chi connectivity index (χ0) is 12.4. The molecule has 0 amide bonds. The molecular weight excluding hydrogens is 465 g/mol. The zero-order valence-electron chi connectivity index (χ0n) is 8.30. The lowest BCUT2D eigenvalue weighted by molar-refractivity contribution is 1.10. The Bertz CT molecular complexity index is 594. The normalized spacial score (nSPS) is 10.3. The first-order chi connectivity index (χ1) is 8.09. The predicted molar refractivity (Wildman–Crippen MR) is 82.7 cm³/mol. The van der Waals surface area contributed by atoms with Crippen LogP contribution in [0.4, 0.5) is 11.5 Å². The molecule has 0 unspecified atom stereocenters. The molecule has 0 aliphatic carbocycles. The van der Waals surface area contributed by atoms with Crippen LogP contribution in [0.5, 0.6) is 0 Å². The smallest absolute Gasteiger partial charge is 0.266 e. The molecule has 7 heteroatoms. The molecule has 0 bridgehead atoms. The van der Waals surface area contributed by atoms with E-state index in [1.165, 1.54) is 6.33 Å². The van der Waals surface area contributed by atoms with E-state index in [1.807, 2.05) is 40.8 Å². The monoisotopic (exact) mass is 469 g/mol. The lowest BCUT2D eigenvalue weighted by atomic mass is 10.3. The van der Waals surface area contributed by atoms with Crippen LogP contribution in [-0.2, 0) is 0 Å². The lowest BCUT2D eigenvalue weighted by Crippen LogP contribution is -2.13. The van der Waals surface area contributed by atoms with Gasteiger partial charge in [0.2, 0.25) is 0 Å². The highest BCUT2D eigenvalue weighted by molar-refractivity contribution is 14.1. The standard InChI is InChI=1S/C10H6Br2IN3O/c11-5-2-1-3-6(12)8(5)16-9-7(13)10(17)15-4-14-9/h1-4H,(H2,14,15,16,17). The molecule has 1 aromatic heterocycles. The number of halogens is 3. The molecule has 0 saturated heterocycles. The molecule has 0 aliphatic rings. The van der Waals surface area contributed by atoms with E-state index in [2.05, 4.69) is 47.1 Å². The van der Waals surface area contributed by atoms with Gasteiger partial charge >= 0.3 is 0 Å². The van der Waals surface area contributed by atoms with E-state index in [9.17, 15) is 4.79 Å². The van der Waals surface area contributed by atoms with Crippen molar-refractivity contribution in [3.8, 4) is 0 Å². The van der Waals surface area contributed by atoms with Gasteiger partial charge in [-0.1, -0.05) is 6.07 Å². The summed E-state index contributed by atoms with van der Waals surface area (Å²) >= 11 is 8.83. The number of H-pyrrole nitrogens is 1. The van der Waals surface area contributed by atoms with Crippen molar-refractivity contribution in [3.05, 3.63) is 47.4 Å². The number of nitrogens with zero attached hydrogens (tertiary/aromatic N) is 1. The Hall–Kier alpha value is -0.410. The van der Waals surface area contributed by atoms with Gasteiger partial charge in [0.1, 0.15) is 3.57 Å². The molecule has 2 aromatic rings. The van der Waals surface area contributed by atoms with E-state index in [0.717, 1.165) is 14.6 Å². The average Bonchev–Trinajstić information content (AvgIpc) is 2.29. The third kappa shape index (κ3) is 2.89. The van der Waals surface area contributed by atoms with Crippen molar-refractivity contribution < 1.29 is 0 Å². The molecule has 1 heterocycles. The number of rotatable bonds is 2. The largest absolute Gasteiger partial charge is 0.337 e. The Morgan fingerprint density at radius 1 is 1.29 bits per heavy atom. The third-order valence-electron chi connectivity index (χ3n) is 2.00. The van der Waals surface area contributed by atoms with Crippen LogP contribution < -0.4 is 10.9 Å². The van der Waals surface area contributed by atoms with Crippen LogP contribution in [0.3, 0.4) is 0 Å². The summed E-state index contributed by atoms with van der Waals surface area (Å²) < 4.78 is 2.31. The highest BCUT2D eigenvalue weighted by Gasteiger charge is 2.09. The Labute approximate surface area is 128 Å². The molecule has 2 N–H and O–H groups in total. The minimum atomic E-state index is -0.161. The van der Waals surface area contributed by atoms with Crippen LogP contribution in [0.25, 0.3) is 0 Å². The second-order valence-electron chi connectivity index (χ2n) is 3.12. The van der Waals surface area contributed by atoms with Gasteiger partial charge in [-0.15, -0.1) is 0 Å². The number of aromatic nitrogens is 2. The fraction of sp³-hybridized carbons (Fsp3) is 0. The third-order valence-corrected chi connectivity index (χ3v) is 4.33. The van der Waals surface area contributed by atoms with Crippen LogP contribution in [0.1, 0.15) is 0 Å². The topological polar surface area (TPSA) is 57.8 Å². The minimum absolute atomic E-state index is 0.161. The van der Waals surface area contributed by atoms with Crippen LogP contribution in [-0.4, -0.2) is 9.97 Å².